The van der Waals surface area contributed by atoms with Crippen molar-refractivity contribution in [2.75, 3.05) is 13.1 Å². The van der Waals surface area contributed by atoms with E-state index in [0.29, 0.717) is 0 Å². The minimum atomic E-state index is 0.159. The molecule has 0 saturated carbocycles. The Bertz CT molecular complexity index is 736. The van der Waals surface area contributed by atoms with Crippen LogP contribution in [-0.2, 0) is 19.9 Å². The summed E-state index contributed by atoms with van der Waals surface area (Å²) < 4.78 is 1.97. The molecule has 1 aliphatic carbocycles. The van der Waals surface area contributed by atoms with Gasteiger partial charge < -0.3 is 9.47 Å². The molecule has 1 atom stereocenters. The standard InChI is InChI=1S/C18H22N4O/c1-21-12-19-20-17(21)16-6-3-9-22(11-16)18(23)15-8-7-13-4-2-5-14(13)10-15/h7-8,10,12,16H,2-6,9,11H2,1H3/t16-/m0/s1. The van der Waals surface area contributed by atoms with Gasteiger partial charge in [0.2, 0.25) is 0 Å². The SMILES string of the molecule is Cn1cnnc1[C@H]1CCCN(C(=O)c2ccc3c(c2)CCC3)C1. The second-order valence-corrected chi connectivity index (χ2v) is 6.73. The van der Waals surface area contributed by atoms with Gasteiger partial charge in [0.1, 0.15) is 12.2 Å². The average Bonchev–Trinajstić information content (AvgIpc) is 3.22. The molecule has 1 aliphatic heterocycles. The van der Waals surface area contributed by atoms with E-state index in [1.54, 1.807) is 6.33 Å². The lowest BCUT2D eigenvalue weighted by Gasteiger charge is -2.32. The molecule has 23 heavy (non-hydrogen) atoms. The zero-order chi connectivity index (χ0) is 15.8. The smallest absolute Gasteiger partial charge is 0.253 e. The summed E-state index contributed by atoms with van der Waals surface area (Å²) in [6, 6.07) is 6.24. The van der Waals surface area contributed by atoms with Crippen molar-refractivity contribution in [1.29, 1.82) is 0 Å². The molecular weight excluding hydrogens is 288 g/mol. The topological polar surface area (TPSA) is 51.0 Å². The number of carbonyl (C=O) groups excluding carboxylic acids is 1. The second-order valence-electron chi connectivity index (χ2n) is 6.73. The van der Waals surface area contributed by atoms with Crippen molar-refractivity contribution >= 4 is 5.91 Å². The summed E-state index contributed by atoms with van der Waals surface area (Å²) in [7, 11) is 1.97. The Labute approximate surface area is 136 Å². The molecule has 0 N–H and O–H groups in total. The molecule has 2 heterocycles. The molecule has 0 radical (unpaired) electrons. The van der Waals surface area contributed by atoms with E-state index in [1.807, 2.05) is 22.6 Å². The van der Waals surface area contributed by atoms with E-state index in [-0.39, 0.29) is 11.8 Å². The highest BCUT2D eigenvalue weighted by molar-refractivity contribution is 5.94. The number of benzene rings is 1. The molecule has 1 aromatic carbocycles. The Morgan fingerprint density at radius 1 is 1.22 bits per heavy atom. The molecule has 0 spiro atoms. The normalized spacial score (nSPS) is 20.6. The van der Waals surface area contributed by atoms with Gasteiger partial charge in [-0.25, -0.2) is 0 Å². The Hall–Kier alpha value is -2.17. The molecule has 120 valence electrons. The summed E-state index contributed by atoms with van der Waals surface area (Å²) in [5.41, 5.74) is 3.61. The first-order valence-electron chi connectivity index (χ1n) is 8.47. The van der Waals surface area contributed by atoms with E-state index in [2.05, 4.69) is 22.3 Å². The lowest BCUT2D eigenvalue weighted by molar-refractivity contribution is 0.0703. The van der Waals surface area contributed by atoms with Gasteiger partial charge in [-0.15, -0.1) is 10.2 Å². The number of piperidine rings is 1. The van der Waals surface area contributed by atoms with Crippen molar-refractivity contribution in [3.8, 4) is 0 Å². The minimum absolute atomic E-state index is 0.159. The predicted octanol–water partition coefficient (Wildman–Crippen LogP) is 2.32. The fourth-order valence-corrected chi connectivity index (χ4v) is 3.92. The highest BCUT2D eigenvalue weighted by Crippen LogP contribution is 2.27. The van der Waals surface area contributed by atoms with Gasteiger partial charge in [0.15, 0.2) is 0 Å². The fraction of sp³-hybridized carbons (Fsp3) is 0.500. The molecule has 2 aromatic rings. The predicted molar refractivity (Wildman–Crippen MR) is 87.3 cm³/mol. The van der Waals surface area contributed by atoms with Crippen LogP contribution < -0.4 is 0 Å². The monoisotopic (exact) mass is 310 g/mol. The van der Waals surface area contributed by atoms with Crippen LogP contribution in [0.4, 0.5) is 0 Å². The first-order chi connectivity index (χ1) is 11.2. The Kier molecular flexibility index (Phi) is 3.63. The van der Waals surface area contributed by atoms with Gasteiger partial charge in [0.05, 0.1) is 0 Å². The van der Waals surface area contributed by atoms with Gasteiger partial charge in [-0.3, -0.25) is 4.79 Å². The third kappa shape index (κ3) is 2.64. The maximum atomic E-state index is 12.9. The number of hydrogen-bond donors (Lipinski definition) is 0. The van der Waals surface area contributed by atoms with Crippen LogP contribution >= 0.6 is 0 Å². The third-order valence-electron chi connectivity index (χ3n) is 5.17. The lowest BCUT2D eigenvalue weighted by atomic mass is 9.96. The van der Waals surface area contributed by atoms with E-state index >= 15 is 0 Å². The summed E-state index contributed by atoms with van der Waals surface area (Å²) in [6.45, 7) is 1.58. The van der Waals surface area contributed by atoms with Gasteiger partial charge in [0, 0.05) is 31.6 Å². The molecule has 1 aromatic heterocycles. The number of carbonyl (C=O) groups is 1. The van der Waals surface area contributed by atoms with Crippen molar-refractivity contribution in [2.45, 2.75) is 38.0 Å². The van der Waals surface area contributed by atoms with Crippen molar-refractivity contribution in [3.05, 3.63) is 47.0 Å². The highest BCUT2D eigenvalue weighted by Gasteiger charge is 2.28. The lowest BCUT2D eigenvalue weighted by Crippen LogP contribution is -2.39. The highest BCUT2D eigenvalue weighted by atomic mass is 16.2. The van der Waals surface area contributed by atoms with E-state index in [4.69, 9.17) is 0 Å². The number of nitrogens with zero attached hydrogens (tertiary/aromatic N) is 4. The van der Waals surface area contributed by atoms with Crippen molar-refractivity contribution < 1.29 is 4.79 Å². The van der Waals surface area contributed by atoms with Crippen LogP contribution in [0.5, 0.6) is 0 Å². The first kappa shape index (κ1) is 14.4. The number of likely N-dealkylation sites (tertiary alicyclic amines) is 1. The fourth-order valence-electron chi connectivity index (χ4n) is 3.92. The molecule has 5 heteroatoms. The molecule has 1 saturated heterocycles. The maximum Gasteiger partial charge on any atom is 0.253 e. The van der Waals surface area contributed by atoms with Crippen LogP contribution in [0.15, 0.2) is 24.5 Å². The summed E-state index contributed by atoms with van der Waals surface area (Å²) in [5, 5.41) is 8.20. The number of fused-ring (bicyclic) bond motifs is 1. The Balaban J connectivity index is 1.53. The van der Waals surface area contributed by atoms with Gasteiger partial charge in [-0.2, -0.15) is 0 Å². The van der Waals surface area contributed by atoms with E-state index < -0.39 is 0 Å². The molecule has 1 amide bonds. The van der Waals surface area contributed by atoms with Gasteiger partial charge >= 0.3 is 0 Å². The largest absolute Gasteiger partial charge is 0.338 e. The summed E-state index contributed by atoms with van der Waals surface area (Å²) >= 11 is 0. The average molecular weight is 310 g/mol. The number of rotatable bonds is 2. The van der Waals surface area contributed by atoms with E-state index in [1.165, 1.54) is 17.5 Å². The molecule has 2 aliphatic rings. The first-order valence-corrected chi connectivity index (χ1v) is 8.47. The van der Waals surface area contributed by atoms with Crippen molar-refractivity contribution in [2.24, 2.45) is 7.05 Å². The quantitative estimate of drug-likeness (QED) is 0.855. The molecule has 0 unspecified atom stereocenters. The molecular formula is C18H22N4O. The Morgan fingerprint density at radius 3 is 2.91 bits per heavy atom. The summed E-state index contributed by atoms with van der Waals surface area (Å²) in [4.78, 5) is 14.9. The van der Waals surface area contributed by atoms with Crippen molar-refractivity contribution in [1.82, 2.24) is 19.7 Å². The molecule has 1 fully saturated rings. The summed E-state index contributed by atoms with van der Waals surface area (Å²) in [5.74, 6) is 1.43. The van der Waals surface area contributed by atoms with Crippen LogP contribution in [0.2, 0.25) is 0 Å². The molecule has 5 nitrogen and oxygen atoms in total. The van der Waals surface area contributed by atoms with Crippen molar-refractivity contribution in [3.63, 3.8) is 0 Å². The number of aromatic nitrogens is 3. The van der Waals surface area contributed by atoms with Crippen LogP contribution in [0.3, 0.4) is 0 Å². The third-order valence-corrected chi connectivity index (χ3v) is 5.17. The van der Waals surface area contributed by atoms with E-state index in [9.17, 15) is 4.79 Å². The van der Waals surface area contributed by atoms with Crippen LogP contribution in [0.25, 0.3) is 0 Å². The number of hydrogen-bond acceptors (Lipinski definition) is 3. The van der Waals surface area contributed by atoms with Crippen LogP contribution in [0.1, 0.15) is 52.5 Å². The van der Waals surface area contributed by atoms with Crippen LogP contribution in [0, 0.1) is 0 Å². The zero-order valence-electron chi connectivity index (χ0n) is 13.5. The van der Waals surface area contributed by atoms with Crippen LogP contribution in [-0.4, -0.2) is 38.7 Å². The summed E-state index contributed by atoms with van der Waals surface area (Å²) in [6.07, 6.45) is 7.30. The number of amides is 1. The maximum absolute atomic E-state index is 12.9. The van der Waals surface area contributed by atoms with Gasteiger partial charge in [-0.1, -0.05) is 6.07 Å². The zero-order valence-corrected chi connectivity index (χ0v) is 13.5. The molecule has 4 rings (SSSR count). The minimum Gasteiger partial charge on any atom is -0.338 e. The van der Waals surface area contributed by atoms with Gasteiger partial charge in [0.25, 0.3) is 5.91 Å². The second kappa shape index (κ2) is 5.80. The Morgan fingerprint density at radius 2 is 2.09 bits per heavy atom. The number of aryl methyl sites for hydroxylation is 3. The van der Waals surface area contributed by atoms with E-state index in [0.717, 1.165) is 50.2 Å². The van der Waals surface area contributed by atoms with Gasteiger partial charge in [-0.05, 0) is 55.4 Å². The molecule has 0 bridgehead atoms.